The van der Waals surface area contributed by atoms with Gasteiger partial charge >= 0.3 is 0 Å². The number of benzene rings is 1. The number of methoxy groups -OCH3 is 2. The highest BCUT2D eigenvalue weighted by molar-refractivity contribution is 5.78. The summed E-state index contributed by atoms with van der Waals surface area (Å²) in [6, 6.07) is 5.69. The van der Waals surface area contributed by atoms with Crippen molar-refractivity contribution >= 4 is 5.82 Å². The summed E-state index contributed by atoms with van der Waals surface area (Å²) in [6.07, 6.45) is 0. The second-order valence-corrected chi connectivity index (χ2v) is 5.94. The standard InChI is InChI=1S/C16H23N3O2/c1-10-18-13(15(17)19(10)16(2,3)4)11-8-7-9-12(20-5)14(11)21-6/h7-9H,17H2,1-6H3. The zero-order chi connectivity index (χ0) is 15.8. The minimum Gasteiger partial charge on any atom is -0.493 e. The predicted octanol–water partition coefficient (Wildman–Crippen LogP) is 3.21. The maximum atomic E-state index is 6.34. The van der Waals surface area contributed by atoms with Crippen molar-refractivity contribution in [2.75, 3.05) is 20.0 Å². The summed E-state index contributed by atoms with van der Waals surface area (Å²) in [4.78, 5) is 4.63. The molecule has 0 bridgehead atoms. The molecule has 5 heteroatoms. The van der Waals surface area contributed by atoms with Crippen molar-refractivity contribution in [1.29, 1.82) is 0 Å². The lowest BCUT2D eigenvalue weighted by Gasteiger charge is -2.24. The smallest absolute Gasteiger partial charge is 0.170 e. The molecule has 21 heavy (non-hydrogen) atoms. The SMILES string of the molecule is COc1cccc(-c2nc(C)n(C(C)(C)C)c2N)c1OC. The summed E-state index contributed by atoms with van der Waals surface area (Å²) in [5.41, 5.74) is 7.76. The monoisotopic (exact) mass is 289 g/mol. The van der Waals surface area contributed by atoms with Gasteiger partial charge in [-0.1, -0.05) is 6.07 Å². The average Bonchev–Trinajstić information content (AvgIpc) is 2.72. The van der Waals surface area contributed by atoms with Crippen LogP contribution in [0.25, 0.3) is 11.3 Å². The van der Waals surface area contributed by atoms with Crippen molar-refractivity contribution in [3.05, 3.63) is 24.0 Å². The summed E-state index contributed by atoms with van der Waals surface area (Å²) in [7, 11) is 3.23. The van der Waals surface area contributed by atoms with E-state index in [1.165, 1.54) is 0 Å². The maximum absolute atomic E-state index is 6.34. The van der Waals surface area contributed by atoms with Gasteiger partial charge in [0.1, 0.15) is 17.3 Å². The van der Waals surface area contributed by atoms with Gasteiger partial charge in [-0.3, -0.25) is 0 Å². The maximum Gasteiger partial charge on any atom is 0.170 e. The zero-order valence-electron chi connectivity index (χ0n) is 13.5. The van der Waals surface area contributed by atoms with Crippen LogP contribution >= 0.6 is 0 Å². The molecule has 0 atom stereocenters. The molecule has 0 saturated carbocycles. The predicted molar refractivity (Wildman–Crippen MR) is 84.9 cm³/mol. The van der Waals surface area contributed by atoms with Crippen LogP contribution in [0.5, 0.6) is 11.5 Å². The molecule has 2 N–H and O–H groups in total. The van der Waals surface area contributed by atoms with Crippen molar-refractivity contribution in [3.8, 4) is 22.8 Å². The van der Waals surface area contributed by atoms with E-state index in [1.807, 2.05) is 29.7 Å². The number of hydrogen-bond donors (Lipinski definition) is 1. The van der Waals surface area contributed by atoms with Gasteiger partial charge in [0.2, 0.25) is 0 Å². The number of hydrogen-bond acceptors (Lipinski definition) is 4. The third kappa shape index (κ3) is 2.55. The third-order valence-electron chi connectivity index (χ3n) is 3.41. The molecule has 2 rings (SSSR count). The van der Waals surface area contributed by atoms with Crippen molar-refractivity contribution in [2.45, 2.75) is 33.2 Å². The van der Waals surface area contributed by atoms with Gasteiger partial charge < -0.3 is 19.8 Å². The molecular formula is C16H23N3O2. The number of nitrogens with zero attached hydrogens (tertiary/aromatic N) is 2. The topological polar surface area (TPSA) is 62.3 Å². The number of ether oxygens (including phenoxy) is 2. The highest BCUT2D eigenvalue weighted by Crippen LogP contribution is 2.40. The first-order valence-electron chi connectivity index (χ1n) is 6.88. The van der Waals surface area contributed by atoms with Crippen molar-refractivity contribution in [1.82, 2.24) is 9.55 Å². The first-order chi connectivity index (χ1) is 9.81. The fraction of sp³-hybridized carbons (Fsp3) is 0.438. The molecule has 1 aromatic carbocycles. The first kappa shape index (κ1) is 15.2. The Morgan fingerprint density at radius 3 is 2.29 bits per heavy atom. The van der Waals surface area contributed by atoms with Crippen LogP contribution in [-0.4, -0.2) is 23.8 Å². The summed E-state index contributed by atoms with van der Waals surface area (Å²) >= 11 is 0. The first-order valence-corrected chi connectivity index (χ1v) is 6.88. The molecule has 0 unspecified atom stereocenters. The van der Waals surface area contributed by atoms with E-state index < -0.39 is 0 Å². The number of para-hydroxylation sites is 1. The van der Waals surface area contributed by atoms with Crippen LogP contribution in [0, 0.1) is 6.92 Å². The molecule has 0 fully saturated rings. The van der Waals surface area contributed by atoms with Gasteiger partial charge in [-0.15, -0.1) is 0 Å². The summed E-state index contributed by atoms with van der Waals surface area (Å²) in [5.74, 6) is 2.81. The highest BCUT2D eigenvalue weighted by atomic mass is 16.5. The Morgan fingerprint density at radius 2 is 1.81 bits per heavy atom. The Labute approximate surface area is 125 Å². The van der Waals surface area contributed by atoms with Crippen molar-refractivity contribution < 1.29 is 9.47 Å². The Morgan fingerprint density at radius 1 is 1.14 bits per heavy atom. The Bertz CT molecular complexity index is 654. The Balaban J connectivity index is 2.70. The third-order valence-corrected chi connectivity index (χ3v) is 3.41. The van der Waals surface area contributed by atoms with Gasteiger partial charge in [-0.05, 0) is 39.8 Å². The zero-order valence-corrected chi connectivity index (χ0v) is 13.5. The van der Waals surface area contributed by atoms with Gasteiger partial charge in [-0.25, -0.2) is 4.98 Å². The molecule has 0 radical (unpaired) electrons. The summed E-state index contributed by atoms with van der Waals surface area (Å²) < 4.78 is 12.9. The van der Waals surface area contributed by atoms with Crippen LogP contribution in [0.3, 0.4) is 0 Å². The molecule has 1 heterocycles. The summed E-state index contributed by atoms with van der Waals surface area (Å²) in [6.45, 7) is 8.26. The Kier molecular flexibility index (Phi) is 3.85. The quantitative estimate of drug-likeness (QED) is 0.942. The molecule has 0 saturated heterocycles. The molecule has 114 valence electrons. The highest BCUT2D eigenvalue weighted by Gasteiger charge is 2.24. The van der Waals surface area contributed by atoms with E-state index in [2.05, 4.69) is 25.8 Å². The van der Waals surface area contributed by atoms with Crippen LogP contribution in [0.2, 0.25) is 0 Å². The molecule has 0 amide bonds. The van der Waals surface area contributed by atoms with E-state index in [0.717, 1.165) is 17.1 Å². The molecule has 5 nitrogen and oxygen atoms in total. The average molecular weight is 289 g/mol. The van der Waals surface area contributed by atoms with E-state index in [4.69, 9.17) is 15.2 Å². The minimum atomic E-state index is -0.133. The lowest BCUT2D eigenvalue weighted by molar-refractivity contribution is 0.356. The fourth-order valence-electron chi connectivity index (χ4n) is 2.67. The van der Waals surface area contributed by atoms with E-state index in [-0.39, 0.29) is 5.54 Å². The minimum absolute atomic E-state index is 0.133. The van der Waals surface area contributed by atoms with E-state index in [1.54, 1.807) is 14.2 Å². The molecular weight excluding hydrogens is 266 g/mol. The number of aryl methyl sites for hydroxylation is 1. The number of anilines is 1. The largest absolute Gasteiger partial charge is 0.493 e. The summed E-state index contributed by atoms with van der Waals surface area (Å²) in [5, 5.41) is 0. The molecule has 2 aromatic rings. The second-order valence-electron chi connectivity index (χ2n) is 5.94. The number of imidazole rings is 1. The van der Waals surface area contributed by atoms with Gasteiger partial charge in [0.05, 0.1) is 14.2 Å². The normalized spacial score (nSPS) is 11.5. The van der Waals surface area contributed by atoms with E-state index in [9.17, 15) is 0 Å². The molecule has 0 aliphatic heterocycles. The number of nitrogen functional groups attached to an aromatic ring is 1. The van der Waals surface area contributed by atoms with Crippen LogP contribution in [-0.2, 0) is 5.54 Å². The van der Waals surface area contributed by atoms with E-state index in [0.29, 0.717) is 17.3 Å². The van der Waals surface area contributed by atoms with Gasteiger partial charge in [0.15, 0.2) is 11.5 Å². The van der Waals surface area contributed by atoms with Gasteiger partial charge in [0, 0.05) is 11.1 Å². The number of rotatable bonds is 3. The van der Waals surface area contributed by atoms with Gasteiger partial charge in [0.25, 0.3) is 0 Å². The van der Waals surface area contributed by atoms with Crippen LogP contribution in [0.15, 0.2) is 18.2 Å². The van der Waals surface area contributed by atoms with Crippen molar-refractivity contribution in [2.24, 2.45) is 0 Å². The van der Waals surface area contributed by atoms with Crippen LogP contribution < -0.4 is 15.2 Å². The van der Waals surface area contributed by atoms with Crippen LogP contribution in [0.4, 0.5) is 5.82 Å². The molecule has 0 aliphatic carbocycles. The lowest BCUT2D eigenvalue weighted by atomic mass is 10.1. The number of aromatic nitrogens is 2. The van der Waals surface area contributed by atoms with E-state index >= 15 is 0 Å². The lowest BCUT2D eigenvalue weighted by Crippen LogP contribution is -2.24. The molecule has 0 spiro atoms. The van der Waals surface area contributed by atoms with Gasteiger partial charge in [-0.2, -0.15) is 0 Å². The molecule has 1 aromatic heterocycles. The van der Waals surface area contributed by atoms with Crippen LogP contribution in [0.1, 0.15) is 26.6 Å². The number of nitrogens with two attached hydrogens (primary N) is 1. The molecule has 0 aliphatic rings. The Hall–Kier alpha value is -2.17. The van der Waals surface area contributed by atoms with Crippen molar-refractivity contribution in [3.63, 3.8) is 0 Å². The second kappa shape index (κ2) is 5.31. The fourth-order valence-corrected chi connectivity index (χ4v) is 2.67.